The highest BCUT2D eigenvalue weighted by Crippen LogP contribution is 2.27. The molecule has 1 saturated heterocycles. The fourth-order valence-corrected chi connectivity index (χ4v) is 4.70. The maximum Gasteiger partial charge on any atom is 0.289 e. The minimum Gasteiger partial charge on any atom is -0.497 e. The van der Waals surface area contributed by atoms with Crippen LogP contribution in [-0.4, -0.2) is 55.8 Å². The van der Waals surface area contributed by atoms with Crippen LogP contribution in [0, 0.1) is 10.1 Å². The number of nitrogens with zero attached hydrogens (tertiary/aromatic N) is 3. The standard InChI is InChI=1S/C18H21N3O5S/c1-26-16-6-4-5-15(13-16)14-19-9-11-20(12-10-19)27(24,25)18-8-3-2-7-17(18)21(22)23/h2-8,13H,9-12,14H2,1H3. The fourth-order valence-electron chi connectivity index (χ4n) is 3.12. The van der Waals surface area contributed by atoms with Gasteiger partial charge in [-0.1, -0.05) is 24.3 Å². The molecule has 2 aromatic rings. The first-order chi connectivity index (χ1) is 12.9. The van der Waals surface area contributed by atoms with Crippen LogP contribution in [-0.2, 0) is 16.6 Å². The molecule has 0 spiro atoms. The van der Waals surface area contributed by atoms with E-state index in [-0.39, 0.29) is 4.90 Å². The average Bonchev–Trinajstić information content (AvgIpc) is 2.68. The van der Waals surface area contributed by atoms with E-state index in [1.807, 2.05) is 24.3 Å². The number of methoxy groups -OCH3 is 1. The molecule has 3 rings (SSSR count). The molecule has 0 aromatic heterocycles. The highest BCUT2D eigenvalue weighted by atomic mass is 32.2. The van der Waals surface area contributed by atoms with Crippen molar-refractivity contribution in [2.45, 2.75) is 11.4 Å². The number of nitro groups is 1. The number of para-hydroxylation sites is 1. The molecule has 0 radical (unpaired) electrons. The summed E-state index contributed by atoms with van der Waals surface area (Å²) < 4.78 is 32.2. The highest BCUT2D eigenvalue weighted by Gasteiger charge is 2.33. The summed E-state index contributed by atoms with van der Waals surface area (Å²) in [5, 5.41) is 11.2. The van der Waals surface area contributed by atoms with Gasteiger partial charge in [-0.15, -0.1) is 0 Å². The molecule has 9 heteroatoms. The van der Waals surface area contributed by atoms with Gasteiger partial charge in [0.15, 0.2) is 4.90 Å². The van der Waals surface area contributed by atoms with E-state index in [4.69, 9.17) is 4.74 Å². The maximum absolute atomic E-state index is 12.8. The monoisotopic (exact) mass is 391 g/mol. The first-order valence-corrected chi connectivity index (χ1v) is 9.94. The molecule has 0 unspecified atom stereocenters. The first kappa shape index (κ1) is 19.3. The van der Waals surface area contributed by atoms with Crippen LogP contribution in [0.5, 0.6) is 5.75 Å². The molecule has 1 fully saturated rings. The summed E-state index contributed by atoms with van der Waals surface area (Å²) in [5.41, 5.74) is 0.695. The third kappa shape index (κ3) is 4.26. The molecular formula is C18H21N3O5S. The largest absolute Gasteiger partial charge is 0.497 e. The van der Waals surface area contributed by atoms with E-state index >= 15 is 0 Å². The van der Waals surface area contributed by atoms with Crippen LogP contribution in [0.2, 0.25) is 0 Å². The van der Waals surface area contributed by atoms with Crippen LogP contribution >= 0.6 is 0 Å². The van der Waals surface area contributed by atoms with E-state index in [1.54, 1.807) is 7.11 Å². The Balaban J connectivity index is 1.69. The third-order valence-electron chi connectivity index (χ3n) is 4.55. The van der Waals surface area contributed by atoms with Crippen LogP contribution in [0.1, 0.15) is 5.56 Å². The van der Waals surface area contributed by atoms with Crippen molar-refractivity contribution in [3.63, 3.8) is 0 Å². The summed E-state index contributed by atoms with van der Waals surface area (Å²) in [4.78, 5) is 12.4. The number of piperazine rings is 1. The lowest BCUT2D eigenvalue weighted by Gasteiger charge is -2.33. The van der Waals surface area contributed by atoms with Gasteiger partial charge >= 0.3 is 0 Å². The van der Waals surface area contributed by atoms with Crippen molar-refractivity contribution >= 4 is 15.7 Å². The van der Waals surface area contributed by atoms with Crippen molar-refractivity contribution in [1.29, 1.82) is 0 Å². The second-order valence-corrected chi connectivity index (χ2v) is 8.16. The first-order valence-electron chi connectivity index (χ1n) is 8.50. The molecule has 0 bridgehead atoms. The number of rotatable bonds is 6. The molecule has 1 heterocycles. The van der Waals surface area contributed by atoms with Gasteiger partial charge in [0.1, 0.15) is 5.75 Å². The van der Waals surface area contributed by atoms with Gasteiger partial charge in [0.05, 0.1) is 12.0 Å². The summed E-state index contributed by atoms with van der Waals surface area (Å²) in [6.45, 7) is 2.38. The Morgan fingerprint density at radius 1 is 1.07 bits per heavy atom. The Morgan fingerprint density at radius 2 is 1.78 bits per heavy atom. The molecule has 1 aliphatic rings. The highest BCUT2D eigenvalue weighted by molar-refractivity contribution is 7.89. The van der Waals surface area contributed by atoms with Crippen molar-refractivity contribution in [1.82, 2.24) is 9.21 Å². The van der Waals surface area contributed by atoms with E-state index in [0.29, 0.717) is 32.7 Å². The van der Waals surface area contributed by atoms with Gasteiger partial charge in [-0.05, 0) is 23.8 Å². The van der Waals surface area contributed by atoms with Crippen molar-refractivity contribution in [3.8, 4) is 5.75 Å². The number of sulfonamides is 1. The van der Waals surface area contributed by atoms with Gasteiger partial charge in [-0.25, -0.2) is 8.42 Å². The average molecular weight is 391 g/mol. The van der Waals surface area contributed by atoms with Gasteiger partial charge in [0.25, 0.3) is 5.69 Å². The Morgan fingerprint density at radius 3 is 2.44 bits per heavy atom. The Bertz CT molecular complexity index is 924. The van der Waals surface area contributed by atoms with E-state index in [2.05, 4.69) is 4.90 Å². The molecule has 0 saturated carbocycles. The summed E-state index contributed by atoms with van der Waals surface area (Å²) in [7, 11) is -2.28. The topological polar surface area (TPSA) is 93.0 Å². The molecule has 8 nitrogen and oxygen atoms in total. The lowest BCUT2D eigenvalue weighted by Crippen LogP contribution is -2.48. The molecule has 144 valence electrons. The van der Waals surface area contributed by atoms with Gasteiger partial charge in [0.2, 0.25) is 10.0 Å². The van der Waals surface area contributed by atoms with Crippen molar-refractivity contribution in [2.75, 3.05) is 33.3 Å². The molecule has 2 aromatic carbocycles. The van der Waals surface area contributed by atoms with E-state index < -0.39 is 20.6 Å². The Kier molecular flexibility index (Phi) is 5.73. The fraction of sp³-hybridized carbons (Fsp3) is 0.333. The number of hydrogen-bond acceptors (Lipinski definition) is 6. The number of ether oxygens (including phenoxy) is 1. The van der Waals surface area contributed by atoms with Crippen LogP contribution in [0.3, 0.4) is 0 Å². The smallest absolute Gasteiger partial charge is 0.289 e. The SMILES string of the molecule is COc1cccc(CN2CCN(S(=O)(=O)c3ccccc3[N+](=O)[O-])CC2)c1. The second kappa shape index (κ2) is 8.03. The van der Waals surface area contributed by atoms with Crippen LogP contribution in [0.25, 0.3) is 0 Å². The minimum absolute atomic E-state index is 0.253. The molecule has 1 aliphatic heterocycles. The molecule has 0 N–H and O–H groups in total. The maximum atomic E-state index is 12.8. The van der Waals surface area contributed by atoms with Crippen molar-refractivity contribution in [2.24, 2.45) is 0 Å². The number of hydrogen-bond donors (Lipinski definition) is 0. The Labute approximate surface area is 158 Å². The second-order valence-electron chi connectivity index (χ2n) is 6.26. The normalized spacial score (nSPS) is 16.2. The lowest BCUT2D eigenvalue weighted by molar-refractivity contribution is -0.387. The zero-order chi connectivity index (χ0) is 19.4. The molecule has 27 heavy (non-hydrogen) atoms. The number of nitro benzene ring substituents is 1. The quantitative estimate of drug-likeness (QED) is 0.553. The zero-order valence-corrected chi connectivity index (χ0v) is 15.8. The molecular weight excluding hydrogens is 370 g/mol. The van der Waals surface area contributed by atoms with Crippen LogP contribution in [0.4, 0.5) is 5.69 Å². The zero-order valence-electron chi connectivity index (χ0n) is 14.9. The van der Waals surface area contributed by atoms with Crippen molar-refractivity contribution < 1.29 is 18.1 Å². The predicted octanol–water partition coefficient (Wildman–Crippen LogP) is 2.11. The van der Waals surface area contributed by atoms with Gasteiger partial charge in [0, 0.05) is 38.8 Å². The molecule has 0 amide bonds. The van der Waals surface area contributed by atoms with Gasteiger partial charge in [-0.2, -0.15) is 4.31 Å². The van der Waals surface area contributed by atoms with Crippen LogP contribution < -0.4 is 4.74 Å². The van der Waals surface area contributed by atoms with Gasteiger partial charge in [-0.3, -0.25) is 15.0 Å². The van der Waals surface area contributed by atoms with E-state index in [9.17, 15) is 18.5 Å². The Hall–Kier alpha value is -2.49. The third-order valence-corrected chi connectivity index (χ3v) is 6.50. The lowest BCUT2D eigenvalue weighted by atomic mass is 10.2. The summed E-state index contributed by atoms with van der Waals surface area (Å²) in [6.07, 6.45) is 0. The van der Waals surface area contributed by atoms with Gasteiger partial charge < -0.3 is 4.74 Å². The van der Waals surface area contributed by atoms with E-state index in [1.165, 1.54) is 28.6 Å². The van der Waals surface area contributed by atoms with E-state index in [0.717, 1.165) is 11.3 Å². The summed E-state index contributed by atoms with van der Waals surface area (Å²) in [5.74, 6) is 0.783. The van der Waals surface area contributed by atoms with Crippen LogP contribution in [0.15, 0.2) is 53.4 Å². The predicted molar refractivity (Wildman–Crippen MR) is 100 cm³/mol. The molecule has 0 atom stereocenters. The minimum atomic E-state index is -3.90. The number of benzene rings is 2. The molecule has 0 aliphatic carbocycles. The summed E-state index contributed by atoms with van der Waals surface area (Å²) in [6, 6.07) is 13.2. The van der Waals surface area contributed by atoms with Crippen molar-refractivity contribution in [3.05, 3.63) is 64.2 Å². The summed E-state index contributed by atoms with van der Waals surface area (Å²) >= 11 is 0.